The zero-order chi connectivity index (χ0) is 14.6. The van der Waals surface area contributed by atoms with E-state index in [0.29, 0.717) is 26.4 Å². The minimum Gasteiger partial charge on any atom is -0.391 e. The van der Waals surface area contributed by atoms with Crippen molar-refractivity contribution >= 4 is 0 Å². The van der Waals surface area contributed by atoms with Crippen molar-refractivity contribution in [2.75, 3.05) is 26.4 Å². The molecule has 21 heavy (non-hydrogen) atoms. The van der Waals surface area contributed by atoms with Gasteiger partial charge in [-0.15, -0.1) is 0 Å². The van der Waals surface area contributed by atoms with Crippen LogP contribution >= 0.6 is 0 Å². The molecule has 0 heterocycles. The van der Waals surface area contributed by atoms with Gasteiger partial charge in [0, 0.05) is 13.5 Å². The third-order valence-electron chi connectivity index (χ3n) is 1.48. The van der Waals surface area contributed by atoms with Crippen LogP contribution in [0.15, 0.2) is 0 Å². The van der Waals surface area contributed by atoms with Gasteiger partial charge in [0.1, 0.15) is 0 Å². The van der Waals surface area contributed by atoms with Crippen LogP contribution in [0.2, 0.25) is 0 Å². The van der Waals surface area contributed by atoms with Crippen LogP contribution in [0.25, 0.3) is 0 Å². The van der Waals surface area contributed by atoms with E-state index in [0.717, 1.165) is 0 Å². The number of hydrogen-bond acceptors (Lipinski definition) is 6. The molecule has 0 rings (SSSR count). The van der Waals surface area contributed by atoms with Gasteiger partial charge >= 0.3 is 0 Å². The van der Waals surface area contributed by atoms with E-state index in [-0.39, 0.29) is 35.8 Å². The second-order valence-electron chi connectivity index (χ2n) is 4.73. The van der Waals surface area contributed by atoms with Crippen molar-refractivity contribution in [1.29, 1.82) is 0 Å². The quantitative estimate of drug-likeness (QED) is 0.541. The molecule has 0 radical (unpaired) electrons. The van der Waals surface area contributed by atoms with Gasteiger partial charge in [0.05, 0.1) is 38.6 Å². The number of rotatable bonds is 8. The second kappa shape index (κ2) is 22.0. The average Bonchev–Trinajstić information content (AvgIpc) is 2.15. The average molecular weight is 317 g/mol. The molecule has 6 nitrogen and oxygen atoms in total. The van der Waals surface area contributed by atoms with E-state index < -0.39 is 12.2 Å². The second-order valence-corrected chi connectivity index (χ2v) is 4.73. The van der Waals surface area contributed by atoms with Crippen LogP contribution < -0.4 is 11.5 Å². The summed E-state index contributed by atoms with van der Waals surface area (Å²) in [5, 5.41) is 17.3. The third-order valence-corrected chi connectivity index (χ3v) is 1.48. The lowest BCUT2D eigenvalue weighted by Crippen LogP contribution is -2.27. The molecule has 0 saturated carbocycles. The summed E-state index contributed by atoms with van der Waals surface area (Å²) in [6.07, 6.45) is -0.882. The summed E-state index contributed by atoms with van der Waals surface area (Å²) in [5.74, 6) is 0. The Balaban J connectivity index is -0.0000000492. The molecule has 0 aromatic carbocycles. The topological polar surface area (TPSA) is 111 Å². The number of aliphatic hydroxyl groups excluding tert-OH is 2. The SMILES string of the molecule is C.C.C.CC(N)COCC(C)N.CC(O)COCC(C)O.[HH]. The minimum atomic E-state index is -0.441. The Morgan fingerprint density at radius 1 is 0.714 bits per heavy atom. The van der Waals surface area contributed by atoms with E-state index in [1.165, 1.54) is 0 Å². The van der Waals surface area contributed by atoms with Gasteiger partial charge in [0.15, 0.2) is 0 Å². The van der Waals surface area contributed by atoms with Gasteiger partial charge in [-0.05, 0) is 27.7 Å². The monoisotopic (exact) mass is 316 g/mol. The highest BCUT2D eigenvalue weighted by Gasteiger charge is 1.97. The fraction of sp³-hybridized carbons (Fsp3) is 1.00. The Kier molecular flexibility index (Phi) is 34.3. The molecule has 0 aromatic heterocycles. The Labute approximate surface area is 134 Å². The first kappa shape index (κ1) is 32.6. The molecular weight excluding hydrogens is 272 g/mol. The first-order valence-corrected chi connectivity index (χ1v) is 6.28. The van der Waals surface area contributed by atoms with Gasteiger partial charge in [0.25, 0.3) is 0 Å². The van der Waals surface area contributed by atoms with Crippen molar-refractivity contribution in [2.24, 2.45) is 11.5 Å². The van der Waals surface area contributed by atoms with Crippen molar-refractivity contribution in [3.8, 4) is 0 Å². The fourth-order valence-electron chi connectivity index (χ4n) is 0.849. The van der Waals surface area contributed by atoms with Crippen LogP contribution in [-0.4, -0.2) is 60.9 Å². The number of hydrogen-bond donors (Lipinski definition) is 4. The zero-order valence-corrected chi connectivity index (χ0v) is 12.0. The first-order valence-electron chi connectivity index (χ1n) is 6.28. The molecule has 0 aliphatic rings. The molecule has 4 atom stereocenters. The Morgan fingerprint density at radius 2 is 0.952 bits per heavy atom. The van der Waals surface area contributed by atoms with Crippen molar-refractivity contribution in [1.82, 2.24) is 0 Å². The van der Waals surface area contributed by atoms with Gasteiger partial charge in [-0.1, -0.05) is 22.3 Å². The molecule has 0 amide bonds. The molecule has 0 fully saturated rings. The fourth-order valence-corrected chi connectivity index (χ4v) is 0.849. The highest BCUT2D eigenvalue weighted by molar-refractivity contribution is 4.52. The maximum atomic E-state index is 8.66. The van der Waals surface area contributed by atoms with Crippen LogP contribution in [0.3, 0.4) is 0 Å². The summed E-state index contributed by atoms with van der Waals surface area (Å²) in [6.45, 7) is 8.88. The summed E-state index contributed by atoms with van der Waals surface area (Å²) >= 11 is 0. The van der Waals surface area contributed by atoms with Crippen LogP contribution in [0.1, 0.15) is 51.4 Å². The van der Waals surface area contributed by atoms with Crippen LogP contribution in [0, 0.1) is 0 Å². The van der Waals surface area contributed by atoms with E-state index in [4.69, 9.17) is 31.2 Å². The highest BCUT2D eigenvalue weighted by Crippen LogP contribution is 1.85. The summed E-state index contributed by atoms with van der Waals surface area (Å²) in [5.41, 5.74) is 10.8. The third kappa shape index (κ3) is 45.1. The largest absolute Gasteiger partial charge is 0.391 e. The molecule has 0 aliphatic heterocycles. The maximum Gasteiger partial charge on any atom is 0.0745 e. The summed E-state index contributed by atoms with van der Waals surface area (Å²) in [7, 11) is 0. The predicted octanol–water partition coefficient (Wildman–Crippen LogP) is 1.62. The van der Waals surface area contributed by atoms with Gasteiger partial charge < -0.3 is 31.2 Å². The number of ether oxygens (including phenoxy) is 2. The smallest absolute Gasteiger partial charge is 0.0745 e. The molecule has 0 aliphatic carbocycles. The molecule has 0 bridgehead atoms. The minimum absolute atomic E-state index is 0. The highest BCUT2D eigenvalue weighted by atomic mass is 16.5. The van der Waals surface area contributed by atoms with E-state index in [9.17, 15) is 0 Å². The van der Waals surface area contributed by atoms with Gasteiger partial charge in [-0.25, -0.2) is 0 Å². The van der Waals surface area contributed by atoms with Crippen LogP contribution in [0.5, 0.6) is 0 Å². The van der Waals surface area contributed by atoms with E-state index >= 15 is 0 Å². The molecule has 0 saturated heterocycles. The van der Waals surface area contributed by atoms with Crippen LogP contribution in [-0.2, 0) is 9.47 Å². The number of nitrogens with two attached hydrogens (primary N) is 2. The molecule has 138 valence electrons. The predicted molar refractivity (Wildman–Crippen MR) is 94.6 cm³/mol. The molecule has 6 heteroatoms. The molecule has 0 aromatic rings. The normalized spacial score (nSPS) is 14.9. The van der Waals surface area contributed by atoms with Crippen molar-refractivity contribution in [3.05, 3.63) is 0 Å². The molecule has 6 N–H and O–H groups in total. The summed E-state index contributed by atoms with van der Waals surface area (Å²) in [4.78, 5) is 0. The standard InChI is InChI=1S/C6H16N2O.C6H14O3.3CH4.H2/c2*1-5(7)3-9-4-6(2)8;;;;/h5-6H,3-4,7-8H2,1-2H3;5-8H,3-4H2,1-2H3;3*1H4;1H. The number of aliphatic hydroxyl groups is 2. The zero-order valence-electron chi connectivity index (χ0n) is 12.0. The van der Waals surface area contributed by atoms with Crippen molar-refractivity contribution in [3.63, 3.8) is 0 Å². The molecular formula is C15H44N2O4. The lowest BCUT2D eigenvalue weighted by atomic mass is 10.4. The van der Waals surface area contributed by atoms with Gasteiger partial charge in [-0.2, -0.15) is 0 Å². The van der Waals surface area contributed by atoms with Gasteiger partial charge in [-0.3, -0.25) is 0 Å². The van der Waals surface area contributed by atoms with Crippen molar-refractivity contribution in [2.45, 2.75) is 74.3 Å². The summed E-state index contributed by atoms with van der Waals surface area (Å²) < 4.78 is 9.96. The Bertz CT molecular complexity index is 138. The Morgan fingerprint density at radius 3 is 1.14 bits per heavy atom. The van der Waals surface area contributed by atoms with Crippen LogP contribution in [0.4, 0.5) is 0 Å². The lowest BCUT2D eigenvalue weighted by Gasteiger charge is -2.08. The summed E-state index contributed by atoms with van der Waals surface area (Å²) in [6, 6.07) is 0.229. The molecule has 0 spiro atoms. The Hall–Kier alpha value is -0.240. The maximum absolute atomic E-state index is 8.66. The van der Waals surface area contributed by atoms with Crippen molar-refractivity contribution < 1.29 is 21.1 Å². The molecule has 4 unspecified atom stereocenters. The first-order chi connectivity index (χ1) is 8.25. The van der Waals surface area contributed by atoms with E-state index in [2.05, 4.69) is 0 Å². The van der Waals surface area contributed by atoms with E-state index in [1.807, 2.05) is 13.8 Å². The lowest BCUT2D eigenvalue weighted by molar-refractivity contribution is 0.00392. The van der Waals surface area contributed by atoms with E-state index in [1.54, 1.807) is 13.8 Å². The van der Waals surface area contributed by atoms with Gasteiger partial charge in [0.2, 0.25) is 0 Å².